The van der Waals surface area contributed by atoms with Crippen molar-refractivity contribution in [3.05, 3.63) is 0 Å². The van der Waals surface area contributed by atoms with E-state index in [-0.39, 0.29) is 6.54 Å². The van der Waals surface area contributed by atoms with Crippen LogP contribution < -0.4 is 5.73 Å². The number of esters is 1. The molecule has 0 aromatic carbocycles. The van der Waals surface area contributed by atoms with Gasteiger partial charge in [-0.3, -0.25) is 0 Å². The van der Waals surface area contributed by atoms with E-state index in [1.807, 2.05) is 0 Å². The molecule has 0 bridgehead atoms. The maximum atomic E-state index is 12.4. The molecule has 0 aromatic heterocycles. The molecule has 1 amide bonds. The Balaban J connectivity index is 1.96. The van der Waals surface area contributed by atoms with E-state index in [4.69, 9.17) is 15.2 Å². The Labute approximate surface area is 138 Å². The van der Waals surface area contributed by atoms with Gasteiger partial charge >= 0.3 is 18.2 Å². The predicted molar refractivity (Wildman–Crippen MR) is 78.0 cm³/mol. The third kappa shape index (κ3) is 3.60. The second-order valence-corrected chi connectivity index (χ2v) is 7.51. The second-order valence-electron chi connectivity index (χ2n) is 7.51. The van der Waals surface area contributed by atoms with Gasteiger partial charge in [0.05, 0.1) is 0 Å². The second kappa shape index (κ2) is 5.79. The molecule has 1 heterocycles. The highest BCUT2D eigenvalue weighted by Gasteiger charge is 2.71. The molecule has 1 spiro atoms. The molecule has 9 heteroatoms. The van der Waals surface area contributed by atoms with Gasteiger partial charge in [0.2, 0.25) is 0 Å². The molecule has 1 aliphatic carbocycles. The molecule has 2 rings (SSSR count). The number of rotatable bonds is 2. The third-order valence-electron chi connectivity index (χ3n) is 4.69. The number of likely N-dealkylation sites (tertiary alicyclic amines) is 1. The van der Waals surface area contributed by atoms with E-state index in [0.717, 1.165) is 0 Å². The van der Waals surface area contributed by atoms with Crippen LogP contribution in [0.25, 0.3) is 0 Å². The van der Waals surface area contributed by atoms with E-state index in [1.54, 1.807) is 20.8 Å². The van der Waals surface area contributed by atoms with Gasteiger partial charge in [0.1, 0.15) is 11.2 Å². The van der Waals surface area contributed by atoms with Crippen molar-refractivity contribution in [1.29, 1.82) is 0 Å². The summed E-state index contributed by atoms with van der Waals surface area (Å²) in [5.41, 5.74) is 3.12. The van der Waals surface area contributed by atoms with Crippen molar-refractivity contribution in [1.82, 2.24) is 4.90 Å². The highest BCUT2D eigenvalue weighted by atomic mass is 19.4. The topological polar surface area (TPSA) is 81.9 Å². The number of amides is 1. The monoisotopic (exact) mass is 352 g/mol. The highest BCUT2D eigenvalue weighted by molar-refractivity contribution is 5.76. The van der Waals surface area contributed by atoms with Gasteiger partial charge in [0, 0.05) is 25.0 Å². The van der Waals surface area contributed by atoms with Gasteiger partial charge in [-0.2, -0.15) is 13.2 Å². The maximum absolute atomic E-state index is 12.4. The molecule has 1 unspecified atom stereocenters. The molecule has 1 aliphatic heterocycles. The van der Waals surface area contributed by atoms with Gasteiger partial charge < -0.3 is 20.1 Å². The quantitative estimate of drug-likeness (QED) is 0.771. The van der Waals surface area contributed by atoms with Crippen LogP contribution in [0.3, 0.4) is 0 Å². The molecular formula is C15H23F3N2O4. The Bertz CT molecular complexity index is 522. The average Bonchev–Trinajstić information content (AvgIpc) is 3.03. The molecule has 1 atom stereocenters. The van der Waals surface area contributed by atoms with Crippen molar-refractivity contribution in [2.45, 2.75) is 57.4 Å². The zero-order valence-corrected chi connectivity index (χ0v) is 14.0. The van der Waals surface area contributed by atoms with E-state index in [9.17, 15) is 22.8 Å². The normalized spacial score (nSPS) is 26.2. The molecule has 2 N–H and O–H groups in total. The summed E-state index contributed by atoms with van der Waals surface area (Å²) in [6.45, 7) is 5.77. The number of nitrogens with zero attached hydrogens (tertiary/aromatic N) is 1. The first-order valence-electron chi connectivity index (χ1n) is 7.82. The van der Waals surface area contributed by atoms with Crippen molar-refractivity contribution in [2.75, 3.05) is 19.6 Å². The van der Waals surface area contributed by atoms with E-state index in [2.05, 4.69) is 0 Å². The minimum absolute atomic E-state index is 0.165. The Morgan fingerprint density at radius 3 is 2.12 bits per heavy atom. The fourth-order valence-electron chi connectivity index (χ4n) is 3.29. The predicted octanol–water partition coefficient (Wildman–Crippen LogP) is 2.21. The molecule has 1 saturated carbocycles. The molecule has 2 fully saturated rings. The lowest BCUT2D eigenvalue weighted by molar-refractivity contribution is -0.209. The number of carbonyl (C=O) groups excluding carboxylic acids is 2. The van der Waals surface area contributed by atoms with Crippen molar-refractivity contribution >= 4 is 12.1 Å². The summed E-state index contributed by atoms with van der Waals surface area (Å²) in [5.74, 6) is -2.21. The van der Waals surface area contributed by atoms with Gasteiger partial charge in [-0.25, -0.2) is 9.59 Å². The number of halogens is 3. The number of carbonyl (C=O) groups is 2. The molecule has 6 nitrogen and oxygen atoms in total. The van der Waals surface area contributed by atoms with Crippen LogP contribution in [0.2, 0.25) is 0 Å². The lowest BCUT2D eigenvalue weighted by atomic mass is 9.89. The third-order valence-corrected chi connectivity index (χ3v) is 4.69. The molecule has 0 aromatic rings. The minimum Gasteiger partial charge on any atom is -0.450 e. The first-order chi connectivity index (χ1) is 10.8. The van der Waals surface area contributed by atoms with Crippen LogP contribution in [0.1, 0.15) is 40.0 Å². The van der Waals surface area contributed by atoms with Crippen LogP contribution >= 0.6 is 0 Å². The number of hydrogen-bond donors (Lipinski definition) is 1. The highest BCUT2D eigenvalue weighted by Crippen LogP contribution is 2.64. The zero-order chi connectivity index (χ0) is 18.4. The molecular weight excluding hydrogens is 329 g/mol. The van der Waals surface area contributed by atoms with Crippen LogP contribution in [0.4, 0.5) is 18.0 Å². The Hall–Kier alpha value is -1.51. The van der Waals surface area contributed by atoms with Crippen LogP contribution in [0.5, 0.6) is 0 Å². The van der Waals surface area contributed by atoms with E-state index in [0.29, 0.717) is 32.4 Å². The number of ether oxygens (including phenoxy) is 2. The summed E-state index contributed by atoms with van der Waals surface area (Å²) in [6, 6.07) is 0. The van der Waals surface area contributed by atoms with Crippen molar-refractivity contribution in [2.24, 2.45) is 11.1 Å². The number of hydrogen-bond acceptors (Lipinski definition) is 5. The van der Waals surface area contributed by atoms with Gasteiger partial charge in [0.15, 0.2) is 0 Å². The number of nitrogens with two attached hydrogens (primary N) is 1. The maximum Gasteiger partial charge on any atom is 0.490 e. The standard InChI is InChI=1S/C15H23F3N2O4/c1-12(2,3)24-11(22)20-6-4-13(5-7-20)8-14(13,9-19)23-10(21)15(16,17)18/h4-9,19H2,1-3H3. The number of alkyl halides is 3. The summed E-state index contributed by atoms with van der Waals surface area (Å²) in [6.07, 6.45) is -4.35. The van der Waals surface area contributed by atoms with Crippen molar-refractivity contribution < 1.29 is 32.2 Å². The Kier molecular flexibility index (Phi) is 4.54. The SMILES string of the molecule is CC(C)(C)OC(=O)N1CCC2(CC1)CC2(CN)OC(=O)C(F)(F)F. The zero-order valence-electron chi connectivity index (χ0n) is 14.0. The lowest BCUT2D eigenvalue weighted by Crippen LogP contribution is -2.46. The largest absolute Gasteiger partial charge is 0.490 e. The van der Waals surface area contributed by atoms with Crippen molar-refractivity contribution in [3.8, 4) is 0 Å². The van der Waals surface area contributed by atoms with Crippen LogP contribution in [-0.4, -0.2) is 54.0 Å². The van der Waals surface area contributed by atoms with Crippen LogP contribution in [-0.2, 0) is 14.3 Å². The summed E-state index contributed by atoms with van der Waals surface area (Å²) >= 11 is 0. The average molecular weight is 352 g/mol. The molecule has 1 saturated heterocycles. The fourth-order valence-corrected chi connectivity index (χ4v) is 3.29. The first-order valence-corrected chi connectivity index (χ1v) is 7.82. The molecule has 2 aliphatic rings. The molecule has 138 valence electrons. The smallest absolute Gasteiger partial charge is 0.450 e. The van der Waals surface area contributed by atoms with E-state index in [1.165, 1.54) is 4.90 Å². The van der Waals surface area contributed by atoms with Gasteiger partial charge in [0.25, 0.3) is 0 Å². The van der Waals surface area contributed by atoms with Crippen LogP contribution in [0.15, 0.2) is 0 Å². The van der Waals surface area contributed by atoms with Crippen molar-refractivity contribution in [3.63, 3.8) is 0 Å². The van der Waals surface area contributed by atoms with E-state index >= 15 is 0 Å². The summed E-state index contributed by atoms with van der Waals surface area (Å²) in [4.78, 5) is 24.7. The minimum atomic E-state index is -5.04. The van der Waals surface area contributed by atoms with Crippen LogP contribution in [0, 0.1) is 5.41 Å². The number of piperidine rings is 1. The fraction of sp³-hybridized carbons (Fsp3) is 0.867. The van der Waals surface area contributed by atoms with E-state index < -0.39 is 34.9 Å². The summed E-state index contributed by atoms with van der Waals surface area (Å²) < 4.78 is 47.3. The Morgan fingerprint density at radius 2 is 1.71 bits per heavy atom. The summed E-state index contributed by atoms with van der Waals surface area (Å²) in [7, 11) is 0. The first kappa shape index (κ1) is 18.8. The van der Waals surface area contributed by atoms with Gasteiger partial charge in [-0.1, -0.05) is 0 Å². The molecule has 0 radical (unpaired) electrons. The van der Waals surface area contributed by atoms with Gasteiger partial charge in [-0.05, 0) is 40.0 Å². The Morgan fingerprint density at radius 1 is 1.17 bits per heavy atom. The summed E-state index contributed by atoms with van der Waals surface area (Å²) in [5, 5.41) is 0. The molecule has 24 heavy (non-hydrogen) atoms. The van der Waals surface area contributed by atoms with Gasteiger partial charge in [-0.15, -0.1) is 0 Å². The lowest BCUT2D eigenvalue weighted by Gasteiger charge is -2.35.